The summed E-state index contributed by atoms with van der Waals surface area (Å²) < 4.78 is 9.78. The molecule has 0 amide bonds. The summed E-state index contributed by atoms with van der Waals surface area (Å²) in [4.78, 5) is 11.4. The molecule has 0 spiro atoms. The van der Waals surface area contributed by atoms with Crippen LogP contribution < -0.4 is 0 Å². The van der Waals surface area contributed by atoms with E-state index >= 15 is 0 Å². The van der Waals surface area contributed by atoms with Gasteiger partial charge in [0.25, 0.3) is 0 Å². The van der Waals surface area contributed by atoms with Crippen LogP contribution in [0.25, 0.3) is 6.08 Å². The topological polar surface area (TPSA) is 55.8 Å². The van der Waals surface area contributed by atoms with Crippen LogP contribution in [0.2, 0.25) is 0 Å². The molecule has 2 rings (SSSR count). The molecule has 0 heterocycles. The van der Waals surface area contributed by atoms with E-state index in [4.69, 9.17) is 4.74 Å². The molecule has 0 unspecified atom stereocenters. The highest BCUT2D eigenvalue weighted by Crippen LogP contribution is 2.30. The zero-order valence-electron chi connectivity index (χ0n) is 9.71. The fourth-order valence-electron chi connectivity index (χ4n) is 1.92. The average Bonchev–Trinajstić information content (AvgIpc) is 2.38. The molecule has 0 bridgehead atoms. The first-order valence-electron chi connectivity index (χ1n) is 5.28. The Balaban J connectivity index is 2.39. The van der Waals surface area contributed by atoms with Gasteiger partial charge < -0.3 is 14.6 Å². The van der Waals surface area contributed by atoms with Gasteiger partial charge in [0, 0.05) is 7.11 Å². The summed E-state index contributed by atoms with van der Waals surface area (Å²) in [6.45, 7) is 0. The summed E-state index contributed by atoms with van der Waals surface area (Å²) in [5, 5.41) is 10.0. The lowest BCUT2D eigenvalue weighted by atomic mass is 9.91. The molecule has 0 aromatic heterocycles. The van der Waals surface area contributed by atoms with Gasteiger partial charge in [0.2, 0.25) is 0 Å². The Labute approximate surface area is 99.5 Å². The fourth-order valence-corrected chi connectivity index (χ4v) is 1.92. The number of carbonyl (C=O) groups excluding carboxylic acids is 1. The average molecular weight is 234 g/mol. The number of carbonyl (C=O) groups is 1. The largest absolute Gasteiger partial charge is 0.465 e. The minimum absolute atomic E-state index is 0.341. The number of hydrogen-bond acceptors (Lipinski definition) is 4. The first kappa shape index (κ1) is 11.8. The fraction of sp³-hybridized carbons (Fsp3) is 0.308. The molecule has 0 saturated carbocycles. The van der Waals surface area contributed by atoms with Gasteiger partial charge in [0.15, 0.2) is 0 Å². The summed E-state index contributed by atoms with van der Waals surface area (Å²) in [5.41, 5.74) is 2.04. The zero-order chi connectivity index (χ0) is 12.4. The monoisotopic (exact) mass is 234 g/mol. The van der Waals surface area contributed by atoms with Crippen molar-refractivity contribution >= 4 is 12.0 Å². The maximum atomic E-state index is 11.4. The number of esters is 1. The van der Waals surface area contributed by atoms with Crippen molar-refractivity contribution in [1.29, 1.82) is 0 Å². The molecule has 17 heavy (non-hydrogen) atoms. The number of aliphatic hydroxyl groups is 1. The van der Waals surface area contributed by atoms with Crippen molar-refractivity contribution in [3.63, 3.8) is 0 Å². The van der Waals surface area contributed by atoms with Gasteiger partial charge >= 0.3 is 5.97 Å². The Kier molecular flexibility index (Phi) is 3.26. The van der Waals surface area contributed by atoms with Crippen LogP contribution in [0.15, 0.2) is 24.3 Å². The Morgan fingerprint density at radius 1 is 1.35 bits per heavy atom. The second-order valence-electron chi connectivity index (χ2n) is 3.84. The number of ether oxygens (including phenoxy) is 2. The van der Waals surface area contributed by atoms with Crippen molar-refractivity contribution in [2.75, 3.05) is 14.2 Å². The van der Waals surface area contributed by atoms with Crippen LogP contribution >= 0.6 is 0 Å². The molecular weight excluding hydrogens is 220 g/mol. The van der Waals surface area contributed by atoms with Crippen molar-refractivity contribution < 1.29 is 19.4 Å². The van der Waals surface area contributed by atoms with E-state index in [1.807, 2.05) is 6.08 Å². The smallest absolute Gasteiger partial charge is 0.337 e. The number of aliphatic hydroxyl groups excluding tert-OH is 1. The maximum Gasteiger partial charge on any atom is 0.337 e. The van der Waals surface area contributed by atoms with E-state index in [1.54, 1.807) is 31.4 Å². The lowest BCUT2D eigenvalue weighted by Crippen LogP contribution is -2.22. The van der Waals surface area contributed by atoms with E-state index in [0.717, 1.165) is 11.1 Å². The molecular formula is C13H14O4. The predicted octanol–water partition coefficient (Wildman–Crippen LogP) is 1.55. The van der Waals surface area contributed by atoms with Crippen molar-refractivity contribution in [1.82, 2.24) is 0 Å². The summed E-state index contributed by atoms with van der Waals surface area (Å²) in [6.07, 6.45) is 2.56. The van der Waals surface area contributed by atoms with E-state index in [1.165, 1.54) is 7.11 Å². The molecule has 4 nitrogen and oxygen atoms in total. The Bertz CT molecular complexity index is 464. The molecule has 1 aromatic carbocycles. The van der Waals surface area contributed by atoms with Crippen LogP contribution in [0.3, 0.4) is 0 Å². The van der Waals surface area contributed by atoms with E-state index in [9.17, 15) is 9.90 Å². The van der Waals surface area contributed by atoms with Crippen LogP contribution in [0.5, 0.6) is 0 Å². The lowest BCUT2D eigenvalue weighted by Gasteiger charge is -2.24. The molecule has 0 saturated heterocycles. The molecule has 90 valence electrons. The number of rotatable bonds is 2. The summed E-state index contributed by atoms with van der Waals surface area (Å²) in [6, 6.07) is 5.06. The molecule has 0 aliphatic heterocycles. The van der Waals surface area contributed by atoms with Gasteiger partial charge in [-0.15, -0.1) is 0 Å². The van der Waals surface area contributed by atoms with Crippen LogP contribution in [0, 0.1) is 0 Å². The second kappa shape index (κ2) is 4.69. The van der Waals surface area contributed by atoms with Crippen molar-refractivity contribution in [2.24, 2.45) is 0 Å². The van der Waals surface area contributed by atoms with Crippen LogP contribution in [-0.4, -0.2) is 31.4 Å². The number of methoxy groups -OCH3 is 2. The molecule has 1 aromatic rings. The highest BCUT2D eigenvalue weighted by Gasteiger charge is 2.24. The lowest BCUT2D eigenvalue weighted by molar-refractivity contribution is 0.0150. The molecule has 1 aliphatic carbocycles. The van der Waals surface area contributed by atoms with Gasteiger partial charge in [-0.2, -0.15) is 0 Å². The number of hydrogen-bond donors (Lipinski definition) is 1. The molecule has 0 fully saturated rings. The van der Waals surface area contributed by atoms with Gasteiger partial charge in [-0.1, -0.05) is 18.2 Å². The molecule has 0 radical (unpaired) electrons. The minimum atomic E-state index is -0.702. The molecule has 1 aliphatic rings. The zero-order valence-corrected chi connectivity index (χ0v) is 9.71. The normalized spacial score (nSPS) is 22.1. The first-order chi connectivity index (χ1) is 8.17. The van der Waals surface area contributed by atoms with Crippen molar-refractivity contribution in [3.05, 3.63) is 41.0 Å². The van der Waals surface area contributed by atoms with Crippen LogP contribution in [-0.2, 0) is 9.47 Å². The van der Waals surface area contributed by atoms with E-state index in [0.29, 0.717) is 5.56 Å². The van der Waals surface area contributed by atoms with Crippen molar-refractivity contribution in [3.8, 4) is 0 Å². The highest BCUT2D eigenvalue weighted by atomic mass is 16.5. The minimum Gasteiger partial charge on any atom is -0.465 e. The standard InChI is InChI=1S/C13H14O4/c1-16-11-6-4-8-7-9(13(15)17-2)3-5-10(8)12(11)14/h3-7,11-12,14H,1-2H3/t11-,12-/m0/s1. The van der Waals surface area contributed by atoms with Gasteiger partial charge in [0.05, 0.1) is 12.7 Å². The summed E-state index contributed by atoms with van der Waals surface area (Å²) in [5.74, 6) is -0.385. The third-order valence-corrected chi connectivity index (χ3v) is 2.88. The quantitative estimate of drug-likeness (QED) is 0.789. The van der Waals surface area contributed by atoms with Gasteiger partial charge in [0.1, 0.15) is 12.2 Å². The first-order valence-corrected chi connectivity index (χ1v) is 5.28. The SMILES string of the molecule is COC(=O)c1ccc2c(c1)C=C[C@H](OC)[C@H]2O. The van der Waals surface area contributed by atoms with Crippen LogP contribution in [0.1, 0.15) is 27.6 Å². The second-order valence-corrected chi connectivity index (χ2v) is 3.84. The van der Waals surface area contributed by atoms with E-state index in [2.05, 4.69) is 4.74 Å². The Morgan fingerprint density at radius 2 is 2.12 bits per heavy atom. The van der Waals surface area contributed by atoms with E-state index in [-0.39, 0.29) is 12.1 Å². The molecule has 2 atom stereocenters. The highest BCUT2D eigenvalue weighted by molar-refractivity contribution is 5.90. The third kappa shape index (κ3) is 2.09. The van der Waals surface area contributed by atoms with Gasteiger partial charge in [-0.25, -0.2) is 4.79 Å². The summed E-state index contributed by atoms with van der Waals surface area (Å²) in [7, 11) is 2.89. The Morgan fingerprint density at radius 3 is 2.76 bits per heavy atom. The number of fused-ring (bicyclic) bond motifs is 1. The summed E-state index contributed by atoms with van der Waals surface area (Å²) >= 11 is 0. The predicted molar refractivity (Wildman–Crippen MR) is 62.6 cm³/mol. The van der Waals surface area contributed by atoms with Crippen molar-refractivity contribution in [2.45, 2.75) is 12.2 Å². The number of benzene rings is 1. The third-order valence-electron chi connectivity index (χ3n) is 2.88. The molecule has 4 heteroatoms. The van der Waals surface area contributed by atoms with Gasteiger partial charge in [-0.05, 0) is 23.3 Å². The van der Waals surface area contributed by atoms with Gasteiger partial charge in [-0.3, -0.25) is 0 Å². The van der Waals surface area contributed by atoms with E-state index < -0.39 is 6.10 Å². The van der Waals surface area contributed by atoms with Crippen LogP contribution in [0.4, 0.5) is 0 Å². The Hall–Kier alpha value is -1.65. The molecule has 1 N–H and O–H groups in total. The maximum absolute atomic E-state index is 11.4.